The lowest BCUT2D eigenvalue weighted by atomic mass is 10.2. The number of Topliss-reactive ketones (excluding diaryl/α,β-unsaturated/α-hetero) is 1. The van der Waals surface area contributed by atoms with Crippen LogP contribution in [-0.2, 0) is 0 Å². The zero-order valence-electron chi connectivity index (χ0n) is 11.4. The minimum absolute atomic E-state index is 0.109. The molecular weight excluding hydrogens is 288 g/mol. The lowest BCUT2D eigenvalue weighted by Crippen LogP contribution is -2.10. The summed E-state index contributed by atoms with van der Waals surface area (Å²) in [6, 6.07) is 14.6. The van der Waals surface area contributed by atoms with Crippen molar-refractivity contribution in [3.05, 3.63) is 64.9 Å². The number of fused-ring (bicyclic) bond motifs is 1. The highest BCUT2D eigenvalue weighted by molar-refractivity contribution is 6.32. The van der Waals surface area contributed by atoms with Gasteiger partial charge in [0, 0.05) is 5.39 Å². The predicted molar refractivity (Wildman–Crippen MR) is 82.2 cm³/mol. The van der Waals surface area contributed by atoms with Crippen molar-refractivity contribution in [1.82, 2.24) is 0 Å². The van der Waals surface area contributed by atoms with Crippen LogP contribution >= 0.6 is 11.6 Å². The summed E-state index contributed by atoms with van der Waals surface area (Å²) >= 11 is 6.06. The summed E-state index contributed by atoms with van der Waals surface area (Å²) in [4.78, 5) is 12.1. The molecule has 4 heteroatoms. The third kappa shape index (κ3) is 2.93. The largest absolute Gasteiger partial charge is 0.484 e. The number of para-hydroxylation sites is 1. The predicted octanol–water partition coefficient (Wildman–Crippen LogP) is 4.66. The van der Waals surface area contributed by atoms with Gasteiger partial charge < -0.3 is 9.15 Å². The molecule has 0 aliphatic heterocycles. The molecule has 3 aromatic rings. The molecule has 0 N–H and O–H groups in total. The van der Waals surface area contributed by atoms with Crippen LogP contribution in [0.5, 0.6) is 5.75 Å². The molecule has 0 saturated heterocycles. The van der Waals surface area contributed by atoms with E-state index < -0.39 is 0 Å². The summed E-state index contributed by atoms with van der Waals surface area (Å²) in [7, 11) is 0. The first-order valence-corrected chi connectivity index (χ1v) is 6.92. The Morgan fingerprint density at radius 3 is 2.76 bits per heavy atom. The Bertz CT molecular complexity index is 772. The molecule has 0 amide bonds. The number of ether oxygens (including phenoxy) is 1. The second kappa shape index (κ2) is 5.62. The van der Waals surface area contributed by atoms with Crippen LogP contribution in [0.2, 0.25) is 5.02 Å². The van der Waals surface area contributed by atoms with Crippen molar-refractivity contribution in [2.45, 2.75) is 6.92 Å². The monoisotopic (exact) mass is 300 g/mol. The van der Waals surface area contributed by atoms with E-state index in [0.717, 1.165) is 10.9 Å². The Kier molecular flexibility index (Phi) is 3.67. The normalized spacial score (nSPS) is 10.8. The number of rotatable bonds is 4. The highest BCUT2D eigenvalue weighted by atomic mass is 35.5. The second-order valence-corrected chi connectivity index (χ2v) is 5.20. The van der Waals surface area contributed by atoms with Crippen molar-refractivity contribution in [1.29, 1.82) is 0 Å². The van der Waals surface area contributed by atoms with Crippen LogP contribution in [0.3, 0.4) is 0 Å². The van der Waals surface area contributed by atoms with E-state index in [1.165, 1.54) is 0 Å². The molecule has 1 heterocycles. The van der Waals surface area contributed by atoms with Crippen molar-refractivity contribution in [2.24, 2.45) is 0 Å². The number of ketones is 1. The number of halogens is 1. The van der Waals surface area contributed by atoms with Gasteiger partial charge in [-0.3, -0.25) is 4.79 Å². The van der Waals surface area contributed by atoms with Gasteiger partial charge in [-0.05, 0) is 36.8 Å². The Morgan fingerprint density at radius 2 is 2.00 bits per heavy atom. The fourth-order valence-corrected chi connectivity index (χ4v) is 2.35. The molecule has 0 unspecified atom stereocenters. The molecule has 0 aliphatic rings. The standard InChI is InChI=1S/C17H13ClO3/c1-11-6-7-16(13(18)8-11)20-10-14(19)17-9-12-4-2-3-5-15(12)21-17/h2-9H,10H2,1H3. The number of aryl methyl sites for hydroxylation is 1. The Morgan fingerprint density at radius 1 is 1.19 bits per heavy atom. The van der Waals surface area contributed by atoms with Gasteiger partial charge in [0.05, 0.1) is 5.02 Å². The average molecular weight is 301 g/mol. The maximum Gasteiger partial charge on any atom is 0.235 e. The van der Waals surface area contributed by atoms with Crippen LogP contribution in [0, 0.1) is 6.92 Å². The van der Waals surface area contributed by atoms with Crippen LogP contribution < -0.4 is 4.74 Å². The van der Waals surface area contributed by atoms with E-state index in [-0.39, 0.29) is 12.4 Å². The number of hydrogen-bond acceptors (Lipinski definition) is 3. The fourth-order valence-electron chi connectivity index (χ4n) is 2.06. The van der Waals surface area contributed by atoms with E-state index in [1.54, 1.807) is 18.2 Å². The zero-order chi connectivity index (χ0) is 14.8. The maximum absolute atomic E-state index is 12.1. The summed E-state index contributed by atoms with van der Waals surface area (Å²) in [6.45, 7) is 1.83. The number of carbonyl (C=O) groups is 1. The van der Waals surface area contributed by atoms with Gasteiger partial charge in [-0.25, -0.2) is 0 Å². The Hall–Kier alpha value is -2.26. The van der Waals surface area contributed by atoms with Gasteiger partial charge in [0.25, 0.3) is 0 Å². The Balaban J connectivity index is 1.74. The van der Waals surface area contributed by atoms with E-state index in [4.69, 9.17) is 20.8 Å². The van der Waals surface area contributed by atoms with Gasteiger partial charge in [0.1, 0.15) is 11.3 Å². The smallest absolute Gasteiger partial charge is 0.235 e. The third-order valence-electron chi connectivity index (χ3n) is 3.15. The minimum atomic E-state index is -0.220. The highest BCUT2D eigenvalue weighted by Gasteiger charge is 2.13. The molecule has 3 rings (SSSR count). The molecule has 0 spiro atoms. The maximum atomic E-state index is 12.1. The van der Waals surface area contributed by atoms with Crippen molar-refractivity contribution in [3.8, 4) is 5.75 Å². The van der Waals surface area contributed by atoms with Gasteiger partial charge in [-0.1, -0.05) is 35.9 Å². The second-order valence-electron chi connectivity index (χ2n) is 4.79. The number of benzene rings is 2. The van der Waals surface area contributed by atoms with Gasteiger partial charge in [0.15, 0.2) is 12.4 Å². The summed E-state index contributed by atoms with van der Waals surface area (Å²) in [6.07, 6.45) is 0. The first kappa shape index (κ1) is 13.7. The molecule has 106 valence electrons. The topological polar surface area (TPSA) is 39.4 Å². The molecule has 21 heavy (non-hydrogen) atoms. The number of carbonyl (C=O) groups excluding carboxylic acids is 1. The molecule has 0 atom stereocenters. The van der Waals surface area contributed by atoms with Crippen molar-refractivity contribution in [2.75, 3.05) is 6.61 Å². The molecule has 0 saturated carbocycles. The van der Waals surface area contributed by atoms with Gasteiger partial charge in [-0.2, -0.15) is 0 Å². The summed E-state index contributed by atoms with van der Waals surface area (Å²) < 4.78 is 11.0. The van der Waals surface area contributed by atoms with Crippen LogP contribution in [0.25, 0.3) is 11.0 Å². The summed E-state index contributed by atoms with van der Waals surface area (Å²) in [5.41, 5.74) is 1.73. The average Bonchev–Trinajstić information content (AvgIpc) is 2.90. The lowest BCUT2D eigenvalue weighted by Gasteiger charge is -2.06. The van der Waals surface area contributed by atoms with Crippen LogP contribution in [0.1, 0.15) is 16.1 Å². The van der Waals surface area contributed by atoms with Gasteiger partial charge >= 0.3 is 0 Å². The summed E-state index contributed by atoms with van der Waals surface area (Å²) in [5.74, 6) is 0.564. The molecule has 0 bridgehead atoms. The van der Waals surface area contributed by atoms with Crippen molar-refractivity contribution in [3.63, 3.8) is 0 Å². The number of hydrogen-bond donors (Lipinski definition) is 0. The van der Waals surface area contributed by atoms with Crippen LogP contribution in [0.15, 0.2) is 52.9 Å². The molecule has 1 aromatic heterocycles. The SMILES string of the molecule is Cc1ccc(OCC(=O)c2cc3ccccc3o2)c(Cl)c1. The van der Waals surface area contributed by atoms with E-state index in [2.05, 4.69) is 0 Å². The molecule has 0 radical (unpaired) electrons. The first-order chi connectivity index (χ1) is 10.1. The molecule has 2 aromatic carbocycles. The van der Waals surface area contributed by atoms with Crippen molar-refractivity contribution < 1.29 is 13.9 Å². The molecular formula is C17H13ClO3. The van der Waals surface area contributed by atoms with Crippen LogP contribution in [-0.4, -0.2) is 12.4 Å². The molecule has 3 nitrogen and oxygen atoms in total. The fraction of sp³-hybridized carbons (Fsp3) is 0.118. The zero-order valence-corrected chi connectivity index (χ0v) is 12.2. The quantitative estimate of drug-likeness (QED) is 0.658. The molecule has 0 fully saturated rings. The van der Waals surface area contributed by atoms with E-state index in [0.29, 0.717) is 22.1 Å². The van der Waals surface area contributed by atoms with E-state index in [1.807, 2.05) is 37.3 Å². The van der Waals surface area contributed by atoms with Gasteiger partial charge in [-0.15, -0.1) is 0 Å². The molecule has 0 aliphatic carbocycles. The van der Waals surface area contributed by atoms with Gasteiger partial charge in [0.2, 0.25) is 5.78 Å². The van der Waals surface area contributed by atoms with Crippen LogP contribution in [0.4, 0.5) is 0 Å². The number of furan rings is 1. The van der Waals surface area contributed by atoms with E-state index >= 15 is 0 Å². The first-order valence-electron chi connectivity index (χ1n) is 6.54. The summed E-state index contributed by atoms with van der Waals surface area (Å²) in [5, 5.41) is 1.39. The lowest BCUT2D eigenvalue weighted by molar-refractivity contribution is 0.0896. The van der Waals surface area contributed by atoms with E-state index in [9.17, 15) is 4.79 Å². The minimum Gasteiger partial charge on any atom is -0.484 e. The Labute approximate surface area is 127 Å². The van der Waals surface area contributed by atoms with Crippen molar-refractivity contribution >= 4 is 28.4 Å². The highest BCUT2D eigenvalue weighted by Crippen LogP contribution is 2.25. The third-order valence-corrected chi connectivity index (χ3v) is 3.44.